The van der Waals surface area contributed by atoms with Crippen LogP contribution in [0.4, 0.5) is 10.5 Å². The van der Waals surface area contributed by atoms with E-state index in [1.807, 2.05) is 13.8 Å². The van der Waals surface area contributed by atoms with Gasteiger partial charge >= 0.3 is 6.03 Å². The number of rotatable bonds is 9. The first-order valence-electron chi connectivity index (χ1n) is 8.75. The molecule has 0 saturated carbocycles. The maximum absolute atomic E-state index is 11.6. The molecule has 0 aromatic heterocycles. The molecule has 1 aromatic carbocycles. The first kappa shape index (κ1) is 24.4. The fraction of sp³-hybridized carbons (Fsp3) is 0.500. The summed E-state index contributed by atoms with van der Waals surface area (Å²) in [4.78, 5) is 32.2. The van der Waals surface area contributed by atoms with E-state index < -0.39 is 18.0 Å². The van der Waals surface area contributed by atoms with Crippen molar-refractivity contribution >= 4 is 23.5 Å². The smallest absolute Gasteiger partial charge is 0.312 e. The highest BCUT2D eigenvalue weighted by Gasteiger charge is 2.12. The van der Waals surface area contributed by atoms with Crippen molar-refractivity contribution < 1.29 is 19.5 Å². The molecule has 1 rings (SSSR count). The number of hydrogen-bond donors (Lipinski definition) is 6. The predicted octanol–water partition coefficient (Wildman–Crippen LogP) is 0.411. The third-order valence-electron chi connectivity index (χ3n) is 3.60. The minimum absolute atomic E-state index is 0.0128. The second-order valence-electron chi connectivity index (χ2n) is 6.32. The number of benzene rings is 1. The maximum atomic E-state index is 11.6. The van der Waals surface area contributed by atoms with Gasteiger partial charge in [-0.25, -0.2) is 4.79 Å². The highest BCUT2D eigenvalue weighted by atomic mass is 16.3. The topological polar surface area (TPSA) is 174 Å². The van der Waals surface area contributed by atoms with Crippen molar-refractivity contribution in [2.75, 3.05) is 11.9 Å². The molecule has 0 unspecified atom stereocenters. The van der Waals surface area contributed by atoms with Crippen LogP contribution >= 0.6 is 0 Å². The van der Waals surface area contributed by atoms with Gasteiger partial charge in [0.15, 0.2) is 0 Å². The van der Waals surface area contributed by atoms with E-state index in [4.69, 9.17) is 22.3 Å². The SMILES string of the molecule is CC(C)[C@H](N)C(N)=O.NC(=O)NCCCCC(=O)Nc1ccc(CO)cc1. The van der Waals surface area contributed by atoms with Gasteiger partial charge in [0.25, 0.3) is 0 Å². The van der Waals surface area contributed by atoms with Crippen LogP contribution in [-0.4, -0.2) is 35.5 Å². The molecule has 9 heteroatoms. The Bertz CT molecular complexity index is 590. The molecule has 0 radical (unpaired) electrons. The Labute approximate surface area is 159 Å². The van der Waals surface area contributed by atoms with E-state index in [1.165, 1.54) is 0 Å². The van der Waals surface area contributed by atoms with Crippen LogP contribution in [0.25, 0.3) is 0 Å². The van der Waals surface area contributed by atoms with Gasteiger partial charge in [-0.3, -0.25) is 9.59 Å². The lowest BCUT2D eigenvalue weighted by molar-refractivity contribution is -0.120. The molecule has 9 nitrogen and oxygen atoms in total. The first-order chi connectivity index (χ1) is 12.7. The predicted molar refractivity (Wildman–Crippen MR) is 104 cm³/mol. The number of hydrogen-bond acceptors (Lipinski definition) is 5. The van der Waals surface area contributed by atoms with Gasteiger partial charge < -0.3 is 32.9 Å². The van der Waals surface area contributed by atoms with Crippen LogP contribution in [0, 0.1) is 5.92 Å². The molecule has 0 aliphatic heterocycles. The van der Waals surface area contributed by atoms with Crippen molar-refractivity contribution in [2.45, 2.75) is 45.8 Å². The van der Waals surface area contributed by atoms with Gasteiger partial charge in [-0.2, -0.15) is 0 Å². The van der Waals surface area contributed by atoms with Crippen LogP contribution in [-0.2, 0) is 16.2 Å². The molecule has 0 spiro atoms. The van der Waals surface area contributed by atoms with Crippen molar-refractivity contribution in [2.24, 2.45) is 23.1 Å². The van der Waals surface area contributed by atoms with E-state index in [2.05, 4.69) is 10.6 Å². The van der Waals surface area contributed by atoms with E-state index in [-0.39, 0.29) is 18.4 Å². The highest BCUT2D eigenvalue weighted by molar-refractivity contribution is 5.90. The third kappa shape index (κ3) is 12.4. The normalized spacial score (nSPS) is 11.1. The Morgan fingerprint density at radius 2 is 1.67 bits per heavy atom. The Morgan fingerprint density at radius 1 is 1.07 bits per heavy atom. The number of nitrogens with one attached hydrogen (secondary N) is 2. The lowest BCUT2D eigenvalue weighted by atomic mass is 10.1. The molecule has 0 aliphatic carbocycles. The third-order valence-corrected chi connectivity index (χ3v) is 3.60. The van der Waals surface area contributed by atoms with E-state index >= 15 is 0 Å². The molecule has 1 atom stereocenters. The van der Waals surface area contributed by atoms with E-state index in [1.54, 1.807) is 24.3 Å². The average Bonchev–Trinajstić information content (AvgIpc) is 2.61. The van der Waals surface area contributed by atoms with Crippen LogP contribution in [0.2, 0.25) is 0 Å². The molecule has 0 fully saturated rings. The van der Waals surface area contributed by atoms with Crippen LogP contribution in [0.15, 0.2) is 24.3 Å². The number of unbranched alkanes of at least 4 members (excludes halogenated alkanes) is 1. The summed E-state index contributed by atoms with van der Waals surface area (Å²) < 4.78 is 0. The fourth-order valence-electron chi connectivity index (χ4n) is 1.87. The highest BCUT2D eigenvalue weighted by Crippen LogP contribution is 2.10. The van der Waals surface area contributed by atoms with Crippen molar-refractivity contribution in [1.29, 1.82) is 0 Å². The number of aliphatic hydroxyl groups excluding tert-OH is 1. The summed E-state index contributed by atoms with van der Waals surface area (Å²) in [6, 6.07) is 5.97. The van der Waals surface area contributed by atoms with Crippen molar-refractivity contribution in [3.63, 3.8) is 0 Å². The second kappa shape index (κ2) is 13.5. The van der Waals surface area contributed by atoms with E-state index in [9.17, 15) is 14.4 Å². The Kier molecular flexibility index (Phi) is 12.2. The largest absolute Gasteiger partial charge is 0.392 e. The summed E-state index contributed by atoms with van der Waals surface area (Å²) in [6.07, 6.45) is 1.78. The molecule has 0 saturated heterocycles. The molecule has 27 heavy (non-hydrogen) atoms. The van der Waals surface area contributed by atoms with Gasteiger partial charge in [-0.1, -0.05) is 26.0 Å². The molecule has 1 aromatic rings. The van der Waals surface area contributed by atoms with Gasteiger partial charge in [0.05, 0.1) is 12.6 Å². The molecule has 0 heterocycles. The van der Waals surface area contributed by atoms with Crippen LogP contribution < -0.4 is 27.8 Å². The number of aliphatic hydroxyl groups is 1. The molecule has 152 valence electrons. The molecular weight excluding hydrogens is 350 g/mol. The van der Waals surface area contributed by atoms with Gasteiger partial charge in [0.1, 0.15) is 0 Å². The summed E-state index contributed by atoms with van der Waals surface area (Å²) in [7, 11) is 0. The first-order valence-corrected chi connectivity index (χ1v) is 8.75. The van der Waals surface area contributed by atoms with Crippen molar-refractivity contribution in [3.8, 4) is 0 Å². The Balaban J connectivity index is 0.000000713. The fourth-order valence-corrected chi connectivity index (χ4v) is 1.87. The zero-order chi connectivity index (χ0) is 20.8. The lowest BCUT2D eigenvalue weighted by Crippen LogP contribution is -2.40. The lowest BCUT2D eigenvalue weighted by Gasteiger charge is -2.09. The monoisotopic (exact) mass is 381 g/mol. The maximum Gasteiger partial charge on any atom is 0.312 e. The van der Waals surface area contributed by atoms with E-state index in [0.717, 1.165) is 5.56 Å². The number of carbonyl (C=O) groups excluding carboxylic acids is 3. The summed E-state index contributed by atoms with van der Waals surface area (Å²) in [5.41, 5.74) is 16.6. The van der Waals surface area contributed by atoms with Crippen molar-refractivity contribution in [1.82, 2.24) is 5.32 Å². The summed E-state index contributed by atoms with van der Waals surface area (Å²) in [5.74, 6) is -0.358. The minimum atomic E-state index is -0.548. The second-order valence-corrected chi connectivity index (χ2v) is 6.32. The standard InChI is InChI=1S/C13H19N3O3.C5H12N2O/c14-13(19)15-8-2-1-3-12(18)16-11-6-4-10(9-17)5-7-11;1-3(2)4(6)5(7)8/h4-7,17H,1-3,8-9H2,(H,16,18)(H3,14,15,19);3-4H,6H2,1-2H3,(H2,7,8)/t;4-/m.0/s1. The van der Waals surface area contributed by atoms with Gasteiger partial charge in [0.2, 0.25) is 11.8 Å². The number of primary amides is 2. The zero-order valence-corrected chi connectivity index (χ0v) is 15.9. The Morgan fingerprint density at radius 3 is 2.07 bits per heavy atom. The summed E-state index contributed by atoms with van der Waals surface area (Å²) in [6.45, 7) is 4.18. The number of carbonyl (C=O) groups is 3. The molecule has 4 amide bonds. The van der Waals surface area contributed by atoms with Crippen LogP contribution in [0.5, 0.6) is 0 Å². The molecule has 0 bridgehead atoms. The van der Waals surface area contributed by atoms with Gasteiger partial charge in [-0.05, 0) is 36.5 Å². The Hall–Kier alpha value is -2.65. The zero-order valence-electron chi connectivity index (χ0n) is 15.9. The minimum Gasteiger partial charge on any atom is -0.392 e. The molecular formula is C18H31N5O4. The number of anilines is 1. The number of urea groups is 1. The van der Waals surface area contributed by atoms with Gasteiger partial charge in [-0.15, -0.1) is 0 Å². The van der Waals surface area contributed by atoms with Crippen molar-refractivity contribution in [3.05, 3.63) is 29.8 Å². The number of amides is 4. The molecule has 9 N–H and O–H groups in total. The van der Waals surface area contributed by atoms with Crippen LogP contribution in [0.1, 0.15) is 38.7 Å². The van der Waals surface area contributed by atoms with Crippen LogP contribution in [0.3, 0.4) is 0 Å². The summed E-state index contributed by atoms with van der Waals surface area (Å²) >= 11 is 0. The molecule has 0 aliphatic rings. The average molecular weight is 381 g/mol. The number of nitrogens with two attached hydrogens (primary N) is 3. The summed E-state index contributed by atoms with van der Waals surface area (Å²) in [5, 5.41) is 14.1. The van der Waals surface area contributed by atoms with E-state index in [0.29, 0.717) is 31.5 Å². The van der Waals surface area contributed by atoms with Gasteiger partial charge in [0, 0.05) is 18.7 Å². The quantitative estimate of drug-likeness (QED) is 0.339.